The summed E-state index contributed by atoms with van der Waals surface area (Å²) >= 11 is 0. The zero-order chi connectivity index (χ0) is 7.44. The van der Waals surface area contributed by atoms with Crippen LogP contribution in [0.3, 0.4) is 0 Å². The molecule has 0 saturated heterocycles. The van der Waals surface area contributed by atoms with Gasteiger partial charge in [0.2, 0.25) is 0 Å². The molecule has 0 bridgehead atoms. The minimum Gasteiger partial charge on any atom is -0.0700 e. The van der Waals surface area contributed by atoms with Gasteiger partial charge in [-0.2, -0.15) is 0 Å². The zero-order valence-electron chi connectivity index (χ0n) is 7.44. The SMILES string of the molecule is BC(C)C(C)CC(C)C. The summed E-state index contributed by atoms with van der Waals surface area (Å²) in [4.78, 5) is 0. The van der Waals surface area contributed by atoms with E-state index in [1.807, 2.05) is 0 Å². The highest BCUT2D eigenvalue weighted by Gasteiger charge is 2.07. The van der Waals surface area contributed by atoms with Gasteiger partial charge in [-0.3, -0.25) is 0 Å². The molecular formula is C8H19B. The van der Waals surface area contributed by atoms with Gasteiger partial charge >= 0.3 is 0 Å². The largest absolute Gasteiger partial charge is 0.105 e. The third kappa shape index (κ3) is 4.56. The summed E-state index contributed by atoms with van der Waals surface area (Å²) in [6.07, 6.45) is 1.37. The molecule has 0 heterocycles. The second-order valence-corrected chi connectivity index (χ2v) is 3.85. The van der Waals surface area contributed by atoms with Gasteiger partial charge in [-0.05, 0) is 18.3 Å². The molecule has 0 aliphatic rings. The first-order valence-corrected chi connectivity index (χ1v) is 4.04. The fourth-order valence-corrected chi connectivity index (χ4v) is 1.02. The molecule has 0 N–H and O–H groups in total. The highest BCUT2D eigenvalue weighted by Crippen LogP contribution is 2.20. The van der Waals surface area contributed by atoms with E-state index in [9.17, 15) is 0 Å². The predicted octanol–water partition coefficient (Wildman–Crippen LogP) is 2.11. The van der Waals surface area contributed by atoms with Crippen molar-refractivity contribution in [3.8, 4) is 0 Å². The Kier molecular flexibility index (Phi) is 4.00. The van der Waals surface area contributed by atoms with Crippen LogP contribution in [0, 0.1) is 11.8 Å². The van der Waals surface area contributed by atoms with E-state index in [4.69, 9.17) is 0 Å². The molecule has 0 fully saturated rings. The quantitative estimate of drug-likeness (QED) is 0.508. The van der Waals surface area contributed by atoms with Crippen molar-refractivity contribution < 1.29 is 0 Å². The second-order valence-electron chi connectivity index (χ2n) is 3.85. The smallest absolute Gasteiger partial charge is 0.0700 e. The Balaban J connectivity index is 3.38. The van der Waals surface area contributed by atoms with Crippen LogP contribution in [0.1, 0.15) is 34.1 Å². The average molecular weight is 126 g/mol. The summed E-state index contributed by atoms with van der Waals surface area (Å²) in [6, 6.07) is 0. The number of hydrogen-bond acceptors (Lipinski definition) is 0. The fourth-order valence-electron chi connectivity index (χ4n) is 1.02. The van der Waals surface area contributed by atoms with Crippen LogP contribution in [0.2, 0.25) is 5.82 Å². The first-order chi connectivity index (χ1) is 4.04. The minimum absolute atomic E-state index is 0.854. The Labute approximate surface area is 60.4 Å². The van der Waals surface area contributed by atoms with E-state index in [-0.39, 0.29) is 0 Å². The van der Waals surface area contributed by atoms with Gasteiger partial charge in [0.25, 0.3) is 0 Å². The van der Waals surface area contributed by atoms with Crippen molar-refractivity contribution in [2.24, 2.45) is 11.8 Å². The molecule has 0 aliphatic heterocycles. The summed E-state index contributed by atoms with van der Waals surface area (Å²) < 4.78 is 0. The lowest BCUT2D eigenvalue weighted by atomic mass is 9.76. The molecule has 2 unspecified atom stereocenters. The molecule has 2 atom stereocenters. The topological polar surface area (TPSA) is 0 Å². The lowest BCUT2D eigenvalue weighted by molar-refractivity contribution is 0.429. The van der Waals surface area contributed by atoms with Crippen LogP contribution in [-0.4, -0.2) is 7.85 Å². The van der Waals surface area contributed by atoms with Gasteiger partial charge < -0.3 is 0 Å². The van der Waals surface area contributed by atoms with Crippen molar-refractivity contribution in [3.63, 3.8) is 0 Å². The summed E-state index contributed by atoms with van der Waals surface area (Å²) in [7, 11) is 2.30. The van der Waals surface area contributed by atoms with Crippen molar-refractivity contribution in [1.29, 1.82) is 0 Å². The van der Waals surface area contributed by atoms with E-state index in [1.165, 1.54) is 6.42 Å². The molecular weight excluding hydrogens is 107 g/mol. The normalized spacial score (nSPS) is 17.9. The fraction of sp³-hybridized carbons (Fsp3) is 1.00. The van der Waals surface area contributed by atoms with Crippen LogP contribution in [0.15, 0.2) is 0 Å². The van der Waals surface area contributed by atoms with Crippen LogP contribution < -0.4 is 0 Å². The molecule has 0 amide bonds. The molecule has 0 radical (unpaired) electrons. The van der Waals surface area contributed by atoms with Gasteiger partial charge in [0.05, 0.1) is 0 Å². The van der Waals surface area contributed by atoms with Gasteiger partial charge in [-0.1, -0.05) is 33.5 Å². The Morgan fingerprint density at radius 2 is 1.56 bits per heavy atom. The number of rotatable bonds is 3. The second kappa shape index (κ2) is 3.97. The maximum Gasteiger partial charge on any atom is 0.105 e. The monoisotopic (exact) mass is 126 g/mol. The van der Waals surface area contributed by atoms with E-state index in [2.05, 4.69) is 35.5 Å². The Hall–Kier alpha value is 0.0649. The van der Waals surface area contributed by atoms with Crippen molar-refractivity contribution in [1.82, 2.24) is 0 Å². The first-order valence-electron chi connectivity index (χ1n) is 4.04. The van der Waals surface area contributed by atoms with E-state index in [0.29, 0.717) is 0 Å². The van der Waals surface area contributed by atoms with Crippen LogP contribution in [-0.2, 0) is 0 Å². The standard InChI is InChI=1S/C8H19B/c1-6(2)5-7(3)8(4)9/h6-8H,5,9H2,1-4H3. The van der Waals surface area contributed by atoms with E-state index in [1.54, 1.807) is 0 Å². The summed E-state index contributed by atoms with van der Waals surface area (Å²) in [5.74, 6) is 2.61. The third-order valence-electron chi connectivity index (χ3n) is 1.98. The maximum absolute atomic E-state index is 2.34. The van der Waals surface area contributed by atoms with Gasteiger partial charge in [0.15, 0.2) is 0 Å². The van der Waals surface area contributed by atoms with E-state index < -0.39 is 0 Å². The average Bonchev–Trinajstić information content (AvgIpc) is 1.63. The molecule has 0 nitrogen and oxygen atoms in total. The summed E-state index contributed by atoms with van der Waals surface area (Å²) in [6.45, 7) is 9.22. The Bertz CT molecular complexity index is 67.0. The molecule has 0 aliphatic carbocycles. The van der Waals surface area contributed by atoms with Gasteiger partial charge in [-0.25, -0.2) is 0 Å². The van der Waals surface area contributed by atoms with Crippen molar-refractivity contribution in [2.45, 2.75) is 39.9 Å². The van der Waals surface area contributed by atoms with Crippen molar-refractivity contribution in [2.75, 3.05) is 0 Å². The highest BCUT2D eigenvalue weighted by molar-refractivity contribution is 6.11. The minimum atomic E-state index is 0.854. The summed E-state index contributed by atoms with van der Waals surface area (Å²) in [5, 5.41) is 0. The molecule has 9 heavy (non-hydrogen) atoms. The van der Waals surface area contributed by atoms with Crippen molar-refractivity contribution >= 4 is 7.85 Å². The maximum atomic E-state index is 2.34. The molecule has 1 heteroatoms. The lowest BCUT2D eigenvalue weighted by Gasteiger charge is -2.16. The first kappa shape index (κ1) is 9.06. The number of hydrogen-bond donors (Lipinski definition) is 0. The molecule has 0 aromatic heterocycles. The van der Waals surface area contributed by atoms with Gasteiger partial charge in [-0.15, -0.1) is 0 Å². The Morgan fingerprint density at radius 3 is 1.67 bits per heavy atom. The van der Waals surface area contributed by atoms with Crippen LogP contribution >= 0.6 is 0 Å². The zero-order valence-corrected chi connectivity index (χ0v) is 7.44. The lowest BCUT2D eigenvalue weighted by Crippen LogP contribution is -2.05. The third-order valence-corrected chi connectivity index (χ3v) is 1.98. The highest BCUT2D eigenvalue weighted by atomic mass is 14.1. The molecule has 0 aromatic rings. The van der Waals surface area contributed by atoms with Gasteiger partial charge in [0, 0.05) is 0 Å². The molecule has 0 aromatic carbocycles. The van der Waals surface area contributed by atoms with E-state index in [0.717, 1.165) is 17.7 Å². The molecule has 54 valence electrons. The van der Waals surface area contributed by atoms with Crippen molar-refractivity contribution in [3.05, 3.63) is 0 Å². The molecule has 0 spiro atoms. The molecule has 0 rings (SSSR count). The summed E-state index contributed by atoms with van der Waals surface area (Å²) in [5.41, 5.74) is 0. The van der Waals surface area contributed by atoms with Crippen LogP contribution in [0.25, 0.3) is 0 Å². The Morgan fingerprint density at radius 1 is 1.11 bits per heavy atom. The van der Waals surface area contributed by atoms with Crippen LogP contribution in [0.5, 0.6) is 0 Å². The van der Waals surface area contributed by atoms with Crippen LogP contribution in [0.4, 0.5) is 0 Å². The van der Waals surface area contributed by atoms with E-state index >= 15 is 0 Å². The predicted molar refractivity (Wildman–Crippen MR) is 46.6 cm³/mol. The van der Waals surface area contributed by atoms with Gasteiger partial charge in [0.1, 0.15) is 7.85 Å². The molecule has 0 saturated carbocycles.